The first-order valence-corrected chi connectivity index (χ1v) is 10.6. The fourth-order valence-electron chi connectivity index (χ4n) is 3.90. The third kappa shape index (κ3) is 4.93. The highest BCUT2D eigenvalue weighted by atomic mass is 32.2. The Bertz CT molecular complexity index is 608. The van der Waals surface area contributed by atoms with Gasteiger partial charge in [0.2, 0.25) is 0 Å². The van der Waals surface area contributed by atoms with Gasteiger partial charge in [-0.3, -0.25) is 9.79 Å². The van der Waals surface area contributed by atoms with Crippen LogP contribution in [0.5, 0.6) is 0 Å². The number of carbonyl (C=O) groups is 1. The van der Waals surface area contributed by atoms with Crippen molar-refractivity contribution in [1.29, 1.82) is 0 Å². The van der Waals surface area contributed by atoms with Gasteiger partial charge in [-0.2, -0.15) is 11.8 Å². The lowest BCUT2D eigenvalue weighted by molar-refractivity contribution is 0.0954. The summed E-state index contributed by atoms with van der Waals surface area (Å²) in [6, 6.07) is 9.33. The molecule has 6 heteroatoms. The van der Waals surface area contributed by atoms with Crippen LogP contribution < -0.4 is 10.6 Å². The molecule has 0 radical (unpaired) electrons. The second-order valence-corrected chi connectivity index (χ2v) is 8.67. The monoisotopic (exact) mass is 374 g/mol. The zero-order valence-corrected chi connectivity index (χ0v) is 16.5. The Labute approximate surface area is 161 Å². The second-order valence-electron chi connectivity index (χ2n) is 7.11. The molecule has 2 N–H and O–H groups in total. The molecule has 0 bridgehead atoms. The van der Waals surface area contributed by atoms with Crippen LogP contribution in [0.4, 0.5) is 0 Å². The predicted octanol–water partition coefficient (Wildman–Crippen LogP) is 2.74. The molecular weight excluding hydrogens is 344 g/mol. The molecule has 1 aliphatic heterocycles. The van der Waals surface area contributed by atoms with Crippen LogP contribution in [-0.2, 0) is 0 Å². The average Bonchev–Trinajstić information content (AvgIpc) is 2.69. The van der Waals surface area contributed by atoms with E-state index in [1.165, 1.54) is 37.9 Å². The van der Waals surface area contributed by atoms with E-state index in [4.69, 9.17) is 0 Å². The summed E-state index contributed by atoms with van der Waals surface area (Å²) in [6.07, 6.45) is 6.77. The first-order valence-electron chi connectivity index (χ1n) is 9.65. The van der Waals surface area contributed by atoms with Gasteiger partial charge in [-0.25, -0.2) is 0 Å². The molecule has 1 spiro atoms. The van der Waals surface area contributed by atoms with Crippen molar-refractivity contribution in [2.75, 3.05) is 39.0 Å². The third-order valence-electron chi connectivity index (χ3n) is 5.25. The molecule has 1 amide bonds. The lowest BCUT2D eigenvalue weighted by atomic mass is 9.87. The van der Waals surface area contributed by atoms with Crippen LogP contribution in [0.1, 0.15) is 42.5 Å². The van der Waals surface area contributed by atoms with Crippen LogP contribution in [0.3, 0.4) is 0 Å². The van der Waals surface area contributed by atoms with Gasteiger partial charge in [0.25, 0.3) is 5.91 Å². The minimum Gasteiger partial charge on any atom is -0.354 e. The normalized spacial score (nSPS) is 20.0. The van der Waals surface area contributed by atoms with Crippen LogP contribution in [0, 0.1) is 0 Å². The molecule has 1 saturated carbocycles. The molecule has 1 saturated heterocycles. The van der Waals surface area contributed by atoms with E-state index in [0.717, 1.165) is 19.0 Å². The van der Waals surface area contributed by atoms with Gasteiger partial charge >= 0.3 is 0 Å². The Morgan fingerprint density at radius 2 is 1.88 bits per heavy atom. The van der Waals surface area contributed by atoms with E-state index in [9.17, 15) is 4.79 Å². The fourth-order valence-corrected chi connectivity index (χ4v) is 5.47. The SMILES string of the molecule is CN=C(NCCNC(=O)c1ccccc1)N1CCSC2(CCCCC2)C1. The highest BCUT2D eigenvalue weighted by molar-refractivity contribution is 8.00. The first kappa shape index (κ1) is 19.1. The van der Waals surface area contributed by atoms with Crippen molar-refractivity contribution < 1.29 is 4.79 Å². The number of carbonyl (C=O) groups excluding carboxylic acids is 1. The maximum absolute atomic E-state index is 12.1. The molecule has 1 aromatic rings. The molecule has 0 unspecified atom stereocenters. The summed E-state index contributed by atoms with van der Waals surface area (Å²) in [5.74, 6) is 2.10. The molecular formula is C20H30N4OS. The van der Waals surface area contributed by atoms with Gasteiger partial charge in [0.05, 0.1) is 0 Å². The highest BCUT2D eigenvalue weighted by Gasteiger charge is 2.38. The number of guanidine groups is 1. The summed E-state index contributed by atoms with van der Waals surface area (Å²) < 4.78 is 0.426. The van der Waals surface area contributed by atoms with Crippen LogP contribution in [0.25, 0.3) is 0 Å². The van der Waals surface area contributed by atoms with Gasteiger partial charge in [0.1, 0.15) is 0 Å². The smallest absolute Gasteiger partial charge is 0.251 e. The van der Waals surface area contributed by atoms with Crippen molar-refractivity contribution in [3.8, 4) is 0 Å². The Hall–Kier alpha value is -1.69. The van der Waals surface area contributed by atoms with Gasteiger partial charge in [-0.1, -0.05) is 37.5 Å². The Morgan fingerprint density at radius 1 is 1.15 bits per heavy atom. The second kappa shape index (κ2) is 9.31. The first-order chi connectivity index (χ1) is 12.7. The Morgan fingerprint density at radius 3 is 2.62 bits per heavy atom. The van der Waals surface area contributed by atoms with E-state index in [1.807, 2.05) is 37.4 Å². The van der Waals surface area contributed by atoms with Crippen molar-refractivity contribution in [1.82, 2.24) is 15.5 Å². The van der Waals surface area contributed by atoms with Crippen molar-refractivity contribution in [3.63, 3.8) is 0 Å². The maximum Gasteiger partial charge on any atom is 0.251 e. The van der Waals surface area contributed by atoms with Crippen LogP contribution >= 0.6 is 11.8 Å². The van der Waals surface area contributed by atoms with E-state index in [1.54, 1.807) is 0 Å². The number of benzene rings is 1. The number of hydrogen-bond acceptors (Lipinski definition) is 3. The van der Waals surface area contributed by atoms with Crippen molar-refractivity contribution in [2.24, 2.45) is 4.99 Å². The minimum atomic E-state index is -0.0297. The lowest BCUT2D eigenvalue weighted by Crippen LogP contribution is -2.54. The highest BCUT2D eigenvalue weighted by Crippen LogP contribution is 2.42. The van der Waals surface area contributed by atoms with Crippen LogP contribution in [0.2, 0.25) is 0 Å². The van der Waals surface area contributed by atoms with Crippen LogP contribution in [-0.4, -0.2) is 60.5 Å². The van der Waals surface area contributed by atoms with E-state index in [0.29, 0.717) is 23.4 Å². The van der Waals surface area contributed by atoms with Crippen molar-refractivity contribution >= 4 is 23.6 Å². The predicted molar refractivity (Wildman–Crippen MR) is 110 cm³/mol. The zero-order valence-electron chi connectivity index (χ0n) is 15.7. The van der Waals surface area contributed by atoms with Gasteiger partial charge in [0.15, 0.2) is 5.96 Å². The van der Waals surface area contributed by atoms with E-state index < -0.39 is 0 Å². The molecule has 1 heterocycles. The molecule has 0 atom stereocenters. The number of thioether (sulfide) groups is 1. The maximum atomic E-state index is 12.1. The molecule has 26 heavy (non-hydrogen) atoms. The number of nitrogens with one attached hydrogen (secondary N) is 2. The largest absolute Gasteiger partial charge is 0.354 e. The van der Waals surface area contributed by atoms with Crippen LogP contribution in [0.15, 0.2) is 35.3 Å². The van der Waals surface area contributed by atoms with Gasteiger partial charge in [0, 0.05) is 49.3 Å². The number of amides is 1. The molecule has 2 fully saturated rings. The minimum absolute atomic E-state index is 0.0297. The summed E-state index contributed by atoms with van der Waals surface area (Å²) >= 11 is 2.17. The lowest BCUT2D eigenvalue weighted by Gasteiger charge is -2.45. The van der Waals surface area contributed by atoms with Crippen molar-refractivity contribution in [2.45, 2.75) is 36.9 Å². The average molecular weight is 375 g/mol. The molecule has 1 aromatic carbocycles. The zero-order chi connectivity index (χ0) is 18.2. The number of aliphatic imine (C=N–C) groups is 1. The molecule has 1 aliphatic carbocycles. The van der Waals surface area contributed by atoms with E-state index in [-0.39, 0.29) is 5.91 Å². The standard InChI is InChI=1S/C20H30N4OS/c1-21-19(23-13-12-22-18(25)17-8-4-2-5-9-17)24-14-15-26-20(16-24)10-6-3-7-11-20/h2,4-5,8-9H,3,6-7,10-16H2,1H3,(H,21,23)(H,22,25). The molecule has 2 aliphatic rings. The number of nitrogens with zero attached hydrogens (tertiary/aromatic N) is 2. The number of rotatable bonds is 4. The van der Waals surface area contributed by atoms with E-state index >= 15 is 0 Å². The topological polar surface area (TPSA) is 56.7 Å². The Kier molecular flexibility index (Phi) is 6.83. The summed E-state index contributed by atoms with van der Waals surface area (Å²) in [5.41, 5.74) is 0.698. The molecule has 0 aromatic heterocycles. The fraction of sp³-hybridized carbons (Fsp3) is 0.600. The van der Waals surface area contributed by atoms with Crippen molar-refractivity contribution in [3.05, 3.63) is 35.9 Å². The molecule has 142 valence electrons. The quantitative estimate of drug-likeness (QED) is 0.483. The summed E-state index contributed by atoms with van der Waals surface area (Å²) in [7, 11) is 1.85. The van der Waals surface area contributed by atoms with Gasteiger partial charge in [-0.15, -0.1) is 0 Å². The summed E-state index contributed by atoms with van der Waals surface area (Å²) in [6.45, 7) is 3.40. The Balaban J connectivity index is 1.45. The van der Waals surface area contributed by atoms with Gasteiger partial charge in [-0.05, 0) is 25.0 Å². The molecule has 3 rings (SSSR count). The number of hydrogen-bond donors (Lipinski definition) is 2. The third-order valence-corrected chi connectivity index (χ3v) is 6.79. The molecule has 5 nitrogen and oxygen atoms in total. The summed E-state index contributed by atoms with van der Waals surface area (Å²) in [4.78, 5) is 19.0. The van der Waals surface area contributed by atoms with E-state index in [2.05, 4.69) is 32.3 Å². The van der Waals surface area contributed by atoms with Gasteiger partial charge < -0.3 is 15.5 Å². The summed E-state index contributed by atoms with van der Waals surface area (Å²) in [5, 5.41) is 6.38.